The first kappa shape index (κ1) is 18.0. The van der Waals surface area contributed by atoms with E-state index < -0.39 is 0 Å². The van der Waals surface area contributed by atoms with Crippen molar-refractivity contribution in [2.24, 2.45) is 5.73 Å². The molecule has 2 saturated carbocycles. The summed E-state index contributed by atoms with van der Waals surface area (Å²) < 4.78 is 0. The van der Waals surface area contributed by atoms with Gasteiger partial charge in [0, 0.05) is 23.1 Å². The number of aromatic nitrogens is 3. The Morgan fingerprint density at radius 2 is 1.50 bits per heavy atom. The molecule has 2 spiro atoms. The van der Waals surface area contributed by atoms with E-state index in [0.29, 0.717) is 17.9 Å². The zero-order valence-electron chi connectivity index (χ0n) is 17.1. The van der Waals surface area contributed by atoms with Crippen LogP contribution in [0.25, 0.3) is 11.4 Å². The van der Waals surface area contributed by atoms with Gasteiger partial charge < -0.3 is 11.1 Å². The number of nitrogens with one attached hydrogen (secondary N) is 1. The van der Waals surface area contributed by atoms with E-state index >= 15 is 0 Å². The fraction of sp³-hybridized carbons (Fsp3) is 0.609. The summed E-state index contributed by atoms with van der Waals surface area (Å²) in [5, 5.41) is 3.43. The lowest BCUT2D eigenvalue weighted by Gasteiger charge is -2.27. The van der Waals surface area contributed by atoms with E-state index in [9.17, 15) is 0 Å². The Labute approximate surface area is 167 Å². The van der Waals surface area contributed by atoms with Crippen molar-refractivity contribution < 1.29 is 0 Å². The van der Waals surface area contributed by atoms with Crippen molar-refractivity contribution in [2.75, 3.05) is 11.9 Å². The smallest absolute Gasteiger partial charge is 0.226 e. The molecular formula is C23H31N5. The number of hydrogen-bond donors (Lipinski definition) is 2. The average molecular weight is 378 g/mol. The van der Waals surface area contributed by atoms with Crippen molar-refractivity contribution in [3.05, 3.63) is 35.7 Å². The van der Waals surface area contributed by atoms with Crippen LogP contribution in [0.2, 0.25) is 0 Å². The van der Waals surface area contributed by atoms with Crippen LogP contribution < -0.4 is 11.1 Å². The van der Waals surface area contributed by atoms with Crippen molar-refractivity contribution >= 4 is 5.95 Å². The number of benzene rings is 1. The summed E-state index contributed by atoms with van der Waals surface area (Å²) in [6.07, 6.45) is 9.31. The minimum Gasteiger partial charge on any atom is -0.352 e. The average Bonchev–Trinajstić information content (AvgIpc) is 3.65. The number of fused-ring (bicyclic) bond motifs is 3. The van der Waals surface area contributed by atoms with Crippen LogP contribution in [0.5, 0.6) is 0 Å². The Hall–Kier alpha value is -2.01. The Bertz CT molecular complexity index is 876. The standard InChI is InChI=1S/C23H31N5/c1-3-23(24,4-2)15-25-20-27-18-16-5-7-17(8-6-16)21(9-10-21)11-12-22(13-14-22)19(26-18)28-20/h5-8H,3-4,9-15,24H2,1-2H3,(H,25,26,27,28). The highest BCUT2D eigenvalue weighted by molar-refractivity contribution is 5.58. The minimum absolute atomic E-state index is 0.157. The third kappa shape index (κ3) is 3.00. The molecule has 6 rings (SSSR count). The largest absolute Gasteiger partial charge is 0.352 e. The molecular weight excluding hydrogens is 346 g/mol. The highest BCUT2D eigenvalue weighted by atomic mass is 15.2. The highest BCUT2D eigenvalue weighted by Crippen LogP contribution is 2.58. The maximum Gasteiger partial charge on any atom is 0.226 e. The lowest BCUT2D eigenvalue weighted by atomic mass is 9.86. The van der Waals surface area contributed by atoms with Crippen molar-refractivity contribution in [1.29, 1.82) is 0 Å². The van der Waals surface area contributed by atoms with Gasteiger partial charge in [0.15, 0.2) is 5.82 Å². The summed E-state index contributed by atoms with van der Waals surface area (Å²) in [5.74, 6) is 2.44. The van der Waals surface area contributed by atoms with E-state index in [1.165, 1.54) is 44.1 Å². The fourth-order valence-electron chi connectivity index (χ4n) is 4.60. The van der Waals surface area contributed by atoms with Crippen molar-refractivity contribution in [2.45, 2.75) is 81.6 Å². The maximum atomic E-state index is 6.49. The zero-order chi connectivity index (χ0) is 19.4. The number of anilines is 1. The van der Waals surface area contributed by atoms with E-state index in [2.05, 4.69) is 43.4 Å². The molecule has 2 aliphatic carbocycles. The summed E-state index contributed by atoms with van der Waals surface area (Å²) in [6.45, 7) is 4.96. The second kappa shape index (κ2) is 6.24. The summed E-state index contributed by atoms with van der Waals surface area (Å²) in [5.41, 5.74) is 9.39. The molecule has 2 aromatic rings. The maximum absolute atomic E-state index is 6.49. The van der Waals surface area contributed by atoms with Crippen LogP contribution in [0.1, 0.15) is 76.6 Å². The van der Waals surface area contributed by atoms with Gasteiger partial charge in [-0.2, -0.15) is 9.97 Å². The van der Waals surface area contributed by atoms with Gasteiger partial charge >= 0.3 is 0 Å². The quantitative estimate of drug-likeness (QED) is 0.811. The Balaban J connectivity index is 1.53. The zero-order valence-corrected chi connectivity index (χ0v) is 17.1. The van der Waals surface area contributed by atoms with Crippen LogP contribution in [-0.2, 0) is 10.8 Å². The second-order valence-electron chi connectivity index (χ2n) is 9.37. The molecule has 0 atom stereocenters. The molecule has 0 amide bonds. The summed E-state index contributed by atoms with van der Waals surface area (Å²) in [6, 6.07) is 8.97. The van der Waals surface area contributed by atoms with Gasteiger partial charge in [-0.25, -0.2) is 4.98 Å². The predicted molar refractivity (Wildman–Crippen MR) is 112 cm³/mol. The fourth-order valence-corrected chi connectivity index (χ4v) is 4.60. The Morgan fingerprint density at radius 1 is 0.893 bits per heavy atom. The molecule has 0 radical (unpaired) electrons. The Morgan fingerprint density at radius 3 is 2.11 bits per heavy atom. The molecule has 3 N–H and O–H groups in total. The van der Waals surface area contributed by atoms with Gasteiger partial charge in [-0.05, 0) is 62.3 Å². The molecule has 148 valence electrons. The third-order valence-corrected chi connectivity index (χ3v) is 7.66. The van der Waals surface area contributed by atoms with E-state index in [-0.39, 0.29) is 11.0 Å². The molecule has 28 heavy (non-hydrogen) atoms. The monoisotopic (exact) mass is 377 g/mol. The van der Waals surface area contributed by atoms with Gasteiger partial charge in [-0.15, -0.1) is 0 Å². The SMILES string of the molecule is CCC(N)(CC)CNc1nc2nc(n1)C1(CCC3(CC3)c3ccc-2cc3)CC1. The summed E-state index contributed by atoms with van der Waals surface area (Å²) in [7, 11) is 0. The number of rotatable bonds is 5. The number of nitrogens with zero attached hydrogens (tertiary/aromatic N) is 3. The lowest BCUT2D eigenvalue weighted by Crippen LogP contribution is -2.45. The molecule has 2 fully saturated rings. The molecule has 2 aliphatic heterocycles. The van der Waals surface area contributed by atoms with Crippen LogP contribution in [0, 0.1) is 0 Å². The molecule has 0 saturated heterocycles. The molecule has 5 nitrogen and oxygen atoms in total. The van der Waals surface area contributed by atoms with E-state index in [1.807, 2.05) is 0 Å². The van der Waals surface area contributed by atoms with Crippen LogP contribution in [0.4, 0.5) is 5.95 Å². The van der Waals surface area contributed by atoms with Gasteiger partial charge in [0.1, 0.15) is 5.82 Å². The van der Waals surface area contributed by atoms with Crippen LogP contribution >= 0.6 is 0 Å². The molecule has 4 aliphatic rings. The highest BCUT2D eigenvalue weighted by Gasteiger charge is 2.52. The first-order valence-electron chi connectivity index (χ1n) is 10.9. The number of hydrogen-bond acceptors (Lipinski definition) is 5. The summed E-state index contributed by atoms with van der Waals surface area (Å²) >= 11 is 0. The first-order chi connectivity index (χ1) is 13.5. The van der Waals surface area contributed by atoms with Crippen molar-refractivity contribution in [1.82, 2.24) is 15.0 Å². The predicted octanol–water partition coefficient (Wildman–Crippen LogP) is 4.33. The van der Waals surface area contributed by atoms with Crippen LogP contribution in [0.3, 0.4) is 0 Å². The minimum atomic E-state index is -0.229. The normalized spacial score (nSPS) is 20.8. The first-order valence-corrected chi connectivity index (χ1v) is 10.9. The molecule has 1 aromatic heterocycles. The van der Waals surface area contributed by atoms with E-state index in [0.717, 1.165) is 30.1 Å². The molecule has 4 bridgehead atoms. The second-order valence-corrected chi connectivity index (χ2v) is 9.37. The van der Waals surface area contributed by atoms with Crippen molar-refractivity contribution in [3.8, 4) is 11.4 Å². The third-order valence-electron chi connectivity index (χ3n) is 7.66. The van der Waals surface area contributed by atoms with Gasteiger partial charge in [0.05, 0.1) is 0 Å². The molecule has 3 heterocycles. The van der Waals surface area contributed by atoms with Crippen molar-refractivity contribution in [3.63, 3.8) is 0 Å². The lowest BCUT2D eigenvalue weighted by molar-refractivity contribution is 0.417. The number of nitrogens with two attached hydrogens (primary N) is 1. The van der Waals surface area contributed by atoms with E-state index in [1.54, 1.807) is 0 Å². The van der Waals surface area contributed by atoms with Gasteiger partial charge in [0.25, 0.3) is 0 Å². The topological polar surface area (TPSA) is 76.7 Å². The van der Waals surface area contributed by atoms with Gasteiger partial charge in [-0.3, -0.25) is 0 Å². The van der Waals surface area contributed by atoms with E-state index in [4.69, 9.17) is 20.7 Å². The Kier molecular flexibility index (Phi) is 4.02. The van der Waals surface area contributed by atoms with Crippen LogP contribution in [0.15, 0.2) is 24.3 Å². The summed E-state index contributed by atoms with van der Waals surface area (Å²) in [4.78, 5) is 14.6. The van der Waals surface area contributed by atoms with Gasteiger partial charge in [-0.1, -0.05) is 38.1 Å². The van der Waals surface area contributed by atoms with Gasteiger partial charge in [0.2, 0.25) is 5.95 Å². The molecule has 5 heteroatoms. The molecule has 1 aromatic carbocycles. The molecule has 0 unspecified atom stereocenters. The van der Waals surface area contributed by atoms with Crippen LogP contribution in [-0.4, -0.2) is 27.0 Å².